The summed E-state index contributed by atoms with van der Waals surface area (Å²) in [6.07, 6.45) is 0.892. The van der Waals surface area contributed by atoms with E-state index in [1.807, 2.05) is 68.4 Å². The molecular weight excluding hydrogens is 451 g/mol. The van der Waals surface area contributed by atoms with Gasteiger partial charge in [0.05, 0.1) is 6.42 Å². The first-order chi connectivity index (χ1) is 16.4. The van der Waals surface area contributed by atoms with Crippen molar-refractivity contribution in [1.82, 2.24) is 10.2 Å². The minimum atomic E-state index is -0.756. The molecule has 0 radical (unpaired) electrons. The molecule has 0 aliphatic heterocycles. The Balaban J connectivity index is 1.98. The van der Waals surface area contributed by atoms with Gasteiger partial charge in [0.25, 0.3) is 0 Å². The van der Waals surface area contributed by atoms with E-state index < -0.39 is 11.9 Å². The third-order valence-electron chi connectivity index (χ3n) is 5.68. The van der Waals surface area contributed by atoms with Crippen LogP contribution in [0.2, 0.25) is 5.02 Å². The van der Waals surface area contributed by atoms with Gasteiger partial charge < -0.3 is 10.2 Å². The maximum Gasteiger partial charge on any atom is 0.243 e. The highest BCUT2D eigenvalue weighted by Crippen LogP contribution is 2.22. The highest BCUT2D eigenvalue weighted by atomic mass is 35.5. The molecule has 0 heterocycles. The average molecular weight is 481 g/mol. The lowest BCUT2D eigenvalue weighted by atomic mass is 10.0. The van der Waals surface area contributed by atoms with Crippen molar-refractivity contribution < 1.29 is 14.0 Å². The molecule has 1 atom stereocenters. The quantitative estimate of drug-likeness (QED) is 0.416. The maximum absolute atomic E-state index is 14.5. The molecule has 0 saturated carbocycles. The Morgan fingerprint density at radius 3 is 2.32 bits per heavy atom. The lowest BCUT2D eigenvalue weighted by Gasteiger charge is -2.32. The van der Waals surface area contributed by atoms with Gasteiger partial charge in [-0.3, -0.25) is 9.59 Å². The second-order valence-corrected chi connectivity index (χ2v) is 8.79. The number of carbonyl (C=O) groups is 2. The van der Waals surface area contributed by atoms with E-state index in [4.69, 9.17) is 11.6 Å². The molecule has 1 N–H and O–H groups in total. The molecule has 0 aromatic heterocycles. The van der Waals surface area contributed by atoms with Gasteiger partial charge in [0.15, 0.2) is 0 Å². The second kappa shape index (κ2) is 12.3. The third kappa shape index (κ3) is 6.91. The number of hydrogen-bond acceptors (Lipinski definition) is 2. The van der Waals surface area contributed by atoms with Crippen LogP contribution in [-0.2, 0) is 29.0 Å². The van der Waals surface area contributed by atoms with Gasteiger partial charge in [0.1, 0.15) is 11.9 Å². The van der Waals surface area contributed by atoms with Crippen LogP contribution in [-0.4, -0.2) is 29.3 Å². The number of halogens is 2. The number of nitrogens with one attached hydrogen (secondary N) is 1. The van der Waals surface area contributed by atoms with Crippen LogP contribution in [0, 0.1) is 12.7 Å². The molecule has 0 bridgehead atoms. The fourth-order valence-corrected chi connectivity index (χ4v) is 3.99. The van der Waals surface area contributed by atoms with Gasteiger partial charge in [-0.2, -0.15) is 0 Å². The van der Waals surface area contributed by atoms with Crippen molar-refractivity contribution in [3.63, 3.8) is 0 Å². The first kappa shape index (κ1) is 25.4. The standard InChI is InChI=1S/C28H30ClFN2O2/c1-3-16-31-28(34)26(17-21-8-5-4-6-9-21)32(19-22-14-12-20(2)13-15-22)27(33)18-23-24(29)10-7-11-25(23)30/h4-15,26H,3,16-19H2,1-2H3,(H,31,34). The normalized spacial score (nSPS) is 11.6. The summed E-state index contributed by atoms with van der Waals surface area (Å²) >= 11 is 6.21. The van der Waals surface area contributed by atoms with Crippen LogP contribution in [0.4, 0.5) is 4.39 Å². The van der Waals surface area contributed by atoms with Crippen molar-refractivity contribution in [2.75, 3.05) is 6.54 Å². The van der Waals surface area contributed by atoms with E-state index >= 15 is 0 Å². The Kier molecular flexibility index (Phi) is 9.23. The van der Waals surface area contributed by atoms with Crippen molar-refractivity contribution in [2.45, 2.75) is 45.7 Å². The minimum Gasteiger partial charge on any atom is -0.354 e. The molecule has 2 amide bonds. The van der Waals surface area contributed by atoms with E-state index in [1.54, 1.807) is 11.0 Å². The SMILES string of the molecule is CCCNC(=O)C(Cc1ccccc1)N(Cc1ccc(C)cc1)C(=O)Cc1c(F)cccc1Cl. The van der Waals surface area contributed by atoms with Crippen LogP contribution in [0.5, 0.6) is 0 Å². The predicted molar refractivity (Wildman–Crippen MR) is 134 cm³/mol. The van der Waals surface area contributed by atoms with Gasteiger partial charge in [-0.05, 0) is 36.6 Å². The average Bonchev–Trinajstić information content (AvgIpc) is 2.84. The van der Waals surface area contributed by atoms with Crippen LogP contribution >= 0.6 is 11.6 Å². The van der Waals surface area contributed by atoms with Crippen molar-refractivity contribution in [3.05, 3.63) is 106 Å². The Morgan fingerprint density at radius 2 is 1.68 bits per heavy atom. The molecule has 0 saturated heterocycles. The summed E-state index contributed by atoms with van der Waals surface area (Å²) in [5.41, 5.74) is 3.06. The predicted octanol–water partition coefficient (Wildman–Crippen LogP) is 5.50. The summed E-state index contributed by atoms with van der Waals surface area (Å²) in [6, 6.07) is 21.0. The van der Waals surface area contributed by atoms with Crippen LogP contribution in [0.3, 0.4) is 0 Å². The lowest BCUT2D eigenvalue weighted by molar-refractivity contribution is -0.140. The van der Waals surface area contributed by atoms with E-state index in [0.29, 0.717) is 13.0 Å². The van der Waals surface area contributed by atoms with Crippen molar-refractivity contribution in [2.24, 2.45) is 0 Å². The number of amides is 2. The molecule has 3 aromatic carbocycles. The minimum absolute atomic E-state index is 0.135. The molecule has 0 aliphatic carbocycles. The lowest BCUT2D eigenvalue weighted by Crippen LogP contribution is -2.51. The zero-order valence-corrected chi connectivity index (χ0v) is 20.3. The zero-order valence-electron chi connectivity index (χ0n) is 19.6. The fraction of sp³-hybridized carbons (Fsp3) is 0.286. The molecule has 3 aromatic rings. The van der Waals surface area contributed by atoms with Gasteiger partial charge in [-0.15, -0.1) is 0 Å². The Bertz CT molecular complexity index is 1080. The van der Waals surface area contributed by atoms with Crippen LogP contribution in [0.25, 0.3) is 0 Å². The fourth-order valence-electron chi connectivity index (χ4n) is 3.76. The van der Waals surface area contributed by atoms with E-state index in [1.165, 1.54) is 12.1 Å². The summed E-state index contributed by atoms with van der Waals surface area (Å²) in [7, 11) is 0. The molecule has 6 heteroatoms. The number of nitrogens with zero attached hydrogens (tertiary/aromatic N) is 1. The summed E-state index contributed by atoms with van der Waals surface area (Å²) in [5, 5.41) is 3.13. The topological polar surface area (TPSA) is 49.4 Å². The largest absolute Gasteiger partial charge is 0.354 e. The first-order valence-electron chi connectivity index (χ1n) is 11.5. The highest BCUT2D eigenvalue weighted by Gasteiger charge is 2.31. The van der Waals surface area contributed by atoms with Crippen molar-refractivity contribution in [1.29, 1.82) is 0 Å². The number of carbonyl (C=O) groups excluding carboxylic acids is 2. The monoisotopic (exact) mass is 480 g/mol. The summed E-state index contributed by atoms with van der Waals surface area (Å²) in [6.45, 7) is 4.70. The van der Waals surface area contributed by atoms with Gasteiger partial charge in [0.2, 0.25) is 11.8 Å². The first-order valence-corrected chi connectivity index (χ1v) is 11.9. The van der Waals surface area contributed by atoms with Crippen LogP contribution < -0.4 is 5.32 Å². The van der Waals surface area contributed by atoms with Crippen molar-refractivity contribution in [3.8, 4) is 0 Å². The smallest absolute Gasteiger partial charge is 0.243 e. The molecule has 4 nitrogen and oxygen atoms in total. The number of rotatable bonds is 10. The highest BCUT2D eigenvalue weighted by molar-refractivity contribution is 6.31. The molecule has 3 rings (SSSR count). The molecular formula is C28H30ClFN2O2. The molecule has 0 spiro atoms. The van der Waals surface area contributed by atoms with Crippen LogP contribution in [0.1, 0.15) is 35.6 Å². The molecule has 1 unspecified atom stereocenters. The molecule has 34 heavy (non-hydrogen) atoms. The number of hydrogen-bond donors (Lipinski definition) is 1. The van der Waals surface area contributed by atoms with Gasteiger partial charge in [-0.25, -0.2) is 4.39 Å². The van der Waals surface area contributed by atoms with Gasteiger partial charge >= 0.3 is 0 Å². The molecule has 178 valence electrons. The molecule has 0 fully saturated rings. The molecule has 0 aliphatic rings. The van der Waals surface area contributed by atoms with E-state index in [-0.39, 0.29) is 35.4 Å². The third-order valence-corrected chi connectivity index (χ3v) is 6.04. The second-order valence-electron chi connectivity index (χ2n) is 8.38. The Hall–Kier alpha value is -3.18. The van der Waals surface area contributed by atoms with E-state index in [2.05, 4.69) is 5.32 Å². The zero-order chi connectivity index (χ0) is 24.5. The summed E-state index contributed by atoms with van der Waals surface area (Å²) in [5.74, 6) is -1.13. The number of aryl methyl sites for hydroxylation is 1. The van der Waals surface area contributed by atoms with E-state index in [9.17, 15) is 14.0 Å². The Morgan fingerprint density at radius 1 is 0.971 bits per heavy atom. The van der Waals surface area contributed by atoms with Gasteiger partial charge in [-0.1, -0.05) is 84.8 Å². The van der Waals surface area contributed by atoms with E-state index in [0.717, 1.165) is 23.1 Å². The van der Waals surface area contributed by atoms with Crippen LogP contribution in [0.15, 0.2) is 72.8 Å². The van der Waals surface area contributed by atoms with Gasteiger partial charge in [0, 0.05) is 30.1 Å². The van der Waals surface area contributed by atoms with Crippen molar-refractivity contribution >= 4 is 23.4 Å². The number of benzene rings is 3. The Labute approximate surface area is 205 Å². The summed E-state index contributed by atoms with van der Waals surface area (Å²) in [4.78, 5) is 28.4. The summed E-state index contributed by atoms with van der Waals surface area (Å²) < 4.78 is 14.5. The maximum atomic E-state index is 14.5.